The smallest absolute Gasteiger partial charge is 0.347 e. The van der Waals surface area contributed by atoms with Gasteiger partial charge in [0.15, 0.2) is 11.3 Å². The summed E-state index contributed by atoms with van der Waals surface area (Å²) in [5, 5.41) is 6.68. The minimum Gasteiger partial charge on any atom is -0.347 e. The van der Waals surface area contributed by atoms with Crippen molar-refractivity contribution in [1.82, 2.24) is 29.4 Å². The first-order chi connectivity index (χ1) is 18.0. The number of nitrogens with one attached hydrogen (secondary N) is 1. The van der Waals surface area contributed by atoms with Crippen LogP contribution >= 0.6 is 11.6 Å². The zero-order chi connectivity index (χ0) is 27.2. The van der Waals surface area contributed by atoms with E-state index in [4.69, 9.17) is 11.6 Å². The van der Waals surface area contributed by atoms with Gasteiger partial charge in [0, 0.05) is 56.3 Å². The predicted molar refractivity (Wildman–Crippen MR) is 134 cm³/mol. The highest BCUT2D eigenvalue weighted by Crippen LogP contribution is 2.31. The van der Waals surface area contributed by atoms with Crippen LogP contribution in [0, 0.1) is 6.92 Å². The molecule has 12 heteroatoms. The predicted octanol–water partition coefficient (Wildman–Crippen LogP) is 4.48. The second kappa shape index (κ2) is 9.79. The van der Waals surface area contributed by atoms with Gasteiger partial charge in [0.25, 0.3) is 11.8 Å². The van der Waals surface area contributed by atoms with Gasteiger partial charge in [-0.1, -0.05) is 41.9 Å². The number of fused-ring (bicyclic) bond motifs is 1. The van der Waals surface area contributed by atoms with Gasteiger partial charge in [0.2, 0.25) is 0 Å². The summed E-state index contributed by atoms with van der Waals surface area (Å²) < 4.78 is 42.0. The number of hydrogen-bond acceptors (Lipinski definition) is 4. The van der Waals surface area contributed by atoms with Crippen LogP contribution in [0.2, 0.25) is 5.02 Å². The molecule has 5 rings (SSSR count). The first-order valence-corrected chi connectivity index (χ1v) is 12.3. The number of aryl methyl sites for hydroxylation is 2. The average Bonchev–Trinajstić information content (AvgIpc) is 3.47. The first-order valence-electron chi connectivity index (χ1n) is 11.9. The van der Waals surface area contributed by atoms with Gasteiger partial charge in [-0.05, 0) is 25.0 Å². The number of pyridine rings is 1. The highest BCUT2D eigenvalue weighted by Gasteiger charge is 2.37. The molecule has 38 heavy (non-hydrogen) atoms. The summed E-state index contributed by atoms with van der Waals surface area (Å²) in [6.45, 7) is 2.50. The second-order valence-electron chi connectivity index (χ2n) is 9.34. The molecule has 0 radical (unpaired) electrons. The molecule has 4 heterocycles. The van der Waals surface area contributed by atoms with Gasteiger partial charge in [0.1, 0.15) is 5.69 Å². The fourth-order valence-corrected chi connectivity index (χ4v) is 5.13. The van der Waals surface area contributed by atoms with Gasteiger partial charge < -0.3 is 14.6 Å². The standard InChI is InChI=1S/C26H24ClF3N6O2/c1-15-12-31-23-19(27)10-17(13-36(15)23)25(38)35-9-8-20(18(14-35)16-6-4-3-5-7-16)32-24(37)21-11-22(26(28,29)30)33-34(21)2/h3-7,10-13,18,20H,8-9,14H2,1-2H3,(H,32,37)/t18-,20-/m1/s1. The lowest BCUT2D eigenvalue weighted by molar-refractivity contribution is -0.141. The van der Waals surface area contributed by atoms with Crippen molar-refractivity contribution < 1.29 is 22.8 Å². The molecule has 0 aliphatic carbocycles. The highest BCUT2D eigenvalue weighted by molar-refractivity contribution is 6.33. The van der Waals surface area contributed by atoms with Crippen LogP contribution < -0.4 is 5.32 Å². The average molecular weight is 545 g/mol. The summed E-state index contributed by atoms with van der Waals surface area (Å²) >= 11 is 6.39. The number of aromatic nitrogens is 4. The summed E-state index contributed by atoms with van der Waals surface area (Å²) in [5.41, 5.74) is 1.38. The maximum absolute atomic E-state index is 13.5. The minimum atomic E-state index is -4.66. The molecule has 0 unspecified atom stereocenters. The number of amides is 2. The third-order valence-electron chi connectivity index (χ3n) is 6.84. The van der Waals surface area contributed by atoms with E-state index in [1.165, 1.54) is 7.05 Å². The molecule has 198 valence electrons. The number of nitrogens with zero attached hydrogens (tertiary/aromatic N) is 5. The molecule has 1 N–H and O–H groups in total. The van der Waals surface area contributed by atoms with Crippen molar-refractivity contribution >= 4 is 29.1 Å². The first kappa shape index (κ1) is 25.8. The normalized spacial score (nSPS) is 18.1. The molecular formula is C26H24ClF3N6O2. The lowest BCUT2D eigenvalue weighted by Crippen LogP contribution is -2.51. The quantitative estimate of drug-likeness (QED) is 0.411. The van der Waals surface area contributed by atoms with Crippen LogP contribution in [0.1, 0.15) is 50.1 Å². The number of hydrogen-bond donors (Lipinski definition) is 1. The van der Waals surface area contributed by atoms with E-state index in [0.717, 1.165) is 22.0 Å². The van der Waals surface area contributed by atoms with Crippen LogP contribution in [0.4, 0.5) is 13.2 Å². The zero-order valence-corrected chi connectivity index (χ0v) is 21.3. The van der Waals surface area contributed by atoms with Crippen molar-refractivity contribution in [3.63, 3.8) is 0 Å². The maximum Gasteiger partial charge on any atom is 0.435 e. The number of rotatable bonds is 4. The van der Waals surface area contributed by atoms with E-state index in [0.29, 0.717) is 35.7 Å². The van der Waals surface area contributed by atoms with Gasteiger partial charge in [-0.15, -0.1) is 0 Å². The lowest BCUT2D eigenvalue weighted by atomic mass is 9.85. The van der Waals surface area contributed by atoms with Gasteiger partial charge in [-0.2, -0.15) is 18.3 Å². The van der Waals surface area contributed by atoms with E-state index in [1.807, 2.05) is 37.3 Å². The molecule has 0 spiro atoms. The fraction of sp³-hybridized carbons (Fsp3) is 0.308. The number of halogens is 4. The Morgan fingerprint density at radius 3 is 2.58 bits per heavy atom. The molecule has 4 aromatic rings. The molecule has 1 aliphatic heterocycles. The van der Waals surface area contributed by atoms with Crippen LogP contribution in [0.5, 0.6) is 0 Å². The van der Waals surface area contributed by atoms with E-state index in [2.05, 4.69) is 15.4 Å². The van der Waals surface area contributed by atoms with Crippen molar-refractivity contribution in [3.8, 4) is 0 Å². The molecule has 1 aliphatic rings. The Hall–Kier alpha value is -3.86. The number of piperidine rings is 1. The van der Waals surface area contributed by atoms with E-state index < -0.39 is 23.8 Å². The number of carbonyl (C=O) groups is 2. The fourth-order valence-electron chi connectivity index (χ4n) is 4.87. The monoisotopic (exact) mass is 544 g/mol. The highest BCUT2D eigenvalue weighted by atomic mass is 35.5. The number of alkyl halides is 3. The van der Waals surface area contributed by atoms with Crippen LogP contribution in [0.25, 0.3) is 5.65 Å². The number of carbonyl (C=O) groups excluding carboxylic acids is 2. The summed E-state index contributed by atoms with van der Waals surface area (Å²) in [5.74, 6) is -1.16. The summed E-state index contributed by atoms with van der Waals surface area (Å²) in [6.07, 6.45) is -0.871. The van der Waals surface area contributed by atoms with Crippen LogP contribution in [-0.4, -0.2) is 55.0 Å². The van der Waals surface area contributed by atoms with E-state index in [9.17, 15) is 22.8 Å². The van der Waals surface area contributed by atoms with E-state index in [-0.39, 0.29) is 17.5 Å². The van der Waals surface area contributed by atoms with E-state index >= 15 is 0 Å². The van der Waals surface area contributed by atoms with Gasteiger partial charge in [0.05, 0.1) is 10.6 Å². The van der Waals surface area contributed by atoms with Crippen LogP contribution in [0.3, 0.4) is 0 Å². The molecular weight excluding hydrogens is 521 g/mol. The Kier molecular flexibility index (Phi) is 6.64. The third-order valence-corrected chi connectivity index (χ3v) is 7.12. The molecule has 3 aromatic heterocycles. The number of benzene rings is 1. The van der Waals surface area contributed by atoms with E-state index in [1.54, 1.807) is 27.8 Å². The van der Waals surface area contributed by atoms with Crippen molar-refractivity contribution in [1.29, 1.82) is 0 Å². The Morgan fingerprint density at radius 2 is 1.89 bits per heavy atom. The van der Waals surface area contributed by atoms with Crippen molar-refractivity contribution in [2.45, 2.75) is 31.5 Å². The molecule has 1 aromatic carbocycles. The largest absolute Gasteiger partial charge is 0.435 e. The maximum atomic E-state index is 13.5. The Balaban J connectivity index is 1.40. The van der Waals surface area contributed by atoms with Gasteiger partial charge in [-0.25, -0.2) is 4.98 Å². The molecule has 8 nitrogen and oxygen atoms in total. The Labute approximate surface area is 221 Å². The SMILES string of the molecule is Cc1cnc2c(Cl)cc(C(=O)N3CC[C@@H](NC(=O)c4cc(C(F)(F)F)nn4C)[C@@H](c4ccccc4)C3)cn12. The Morgan fingerprint density at radius 1 is 1.16 bits per heavy atom. The second-order valence-corrected chi connectivity index (χ2v) is 9.75. The zero-order valence-electron chi connectivity index (χ0n) is 20.5. The third kappa shape index (κ3) is 4.85. The lowest BCUT2D eigenvalue weighted by Gasteiger charge is -2.39. The molecule has 2 atom stereocenters. The van der Waals surface area contributed by atoms with Crippen molar-refractivity contribution in [3.05, 3.63) is 88.1 Å². The Bertz CT molecular complexity index is 1510. The van der Waals surface area contributed by atoms with Crippen LogP contribution in [-0.2, 0) is 13.2 Å². The summed E-state index contributed by atoms with van der Waals surface area (Å²) in [4.78, 5) is 32.5. The molecule has 2 amide bonds. The number of imidazole rings is 1. The minimum absolute atomic E-state index is 0.193. The molecule has 0 bridgehead atoms. The van der Waals surface area contributed by atoms with Gasteiger partial charge in [-0.3, -0.25) is 14.3 Å². The molecule has 1 fully saturated rings. The summed E-state index contributed by atoms with van der Waals surface area (Å²) in [7, 11) is 1.30. The molecule has 0 saturated carbocycles. The topological polar surface area (TPSA) is 84.5 Å². The number of likely N-dealkylation sites (tertiary alicyclic amines) is 1. The van der Waals surface area contributed by atoms with Crippen molar-refractivity contribution in [2.75, 3.05) is 13.1 Å². The van der Waals surface area contributed by atoms with Crippen molar-refractivity contribution in [2.24, 2.45) is 7.05 Å². The van der Waals surface area contributed by atoms with Crippen LogP contribution in [0.15, 0.2) is 54.9 Å². The summed E-state index contributed by atoms with van der Waals surface area (Å²) in [6, 6.07) is 11.3. The van der Waals surface area contributed by atoms with Gasteiger partial charge >= 0.3 is 6.18 Å². The molecule has 1 saturated heterocycles.